The maximum absolute atomic E-state index is 12.5. The molecule has 0 spiro atoms. The highest BCUT2D eigenvalue weighted by atomic mass is 16.5. The number of unbranched alkanes of at least 4 members (excludes halogenated alkanes) is 1. The molecule has 0 heterocycles. The van der Waals surface area contributed by atoms with E-state index in [0.717, 1.165) is 24.2 Å². The number of amides is 2. The summed E-state index contributed by atoms with van der Waals surface area (Å²) in [5.41, 5.74) is 6.92. The van der Waals surface area contributed by atoms with Gasteiger partial charge in [-0.2, -0.15) is 0 Å². The molecule has 0 saturated heterocycles. The Hall–Kier alpha value is -1.88. The van der Waals surface area contributed by atoms with E-state index >= 15 is 0 Å². The molecule has 5 heteroatoms. The highest BCUT2D eigenvalue weighted by molar-refractivity contribution is 5.97. The Balaban J connectivity index is 2.79. The molecule has 1 unspecified atom stereocenters. The van der Waals surface area contributed by atoms with E-state index < -0.39 is 6.04 Å². The molecule has 23 heavy (non-hydrogen) atoms. The third-order valence-corrected chi connectivity index (χ3v) is 3.85. The van der Waals surface area contributed by atoms with Crippen molar-refractivity contribution < 1.29 is 14.3 Å². The van der Waals surface area contributed by atoms with Crippen LogP contribution in [0.5, 0.6) is 5.75 Å². The molecule has 0 aromatic heterocycles. The van der Waals surface area contributed by atoms with Gasteiger partial charge < -0.3 is 10.5 Å². The minimum Gasteiger partial charge on any atom is -0.496 e. The van der Waals surface area contributed by atoms with Crippen LogP contribution in [-0.2, 0) is 16.0 Å². The number of rotatable bonds is 9. The number of benzene rings is 1. The highest BCUT2D eigenvalue weighted by Crippen LogP contribution is 2.18. The molecule has 1 rings (SSSR count). The van der Waals surface area contributed by atoms with Crippen LogP contribution in [0.15, 0.2) is 24.3 Å². The Morgan fingerprint density at radius 2 is 1.96 bits per heavy atom. The minimum absolute atomic E-state index is 0.183. The van der Waals surface area contributed by atoms with Crippen LogP contribution in [0.3, 0.4) is 0 Å². The zero-order valence-corrected chi connectivity index (χ0v) is 14.4. The van der Waals surface area contributed by atoms with Gasteiger partial charge >= 0.3 is 0 Å². The molecule has 128 valence electrons. The predicted molar refractivity (Wildman–Crippen MR) is 91.2 cm³/mol. The number of carbonyl (C=O) groups excluding carboxylic acids is 2. The molecular weight excluding hydrogens is 292 g/mol. The van der Waals surface area contributed by atoms with Gasteiger partial charge in [0.1, 0.15) is 5.75 Å². The first-order chi connectivity index (χ1) is 11.0. The average molecular weight is 320 g/mol. The van der Waals surface area contributed by atoms with Gasteiger partial charge in [0, 0.05) is 13.0 Å². The van der Waals surface area contributed by atoms with Gasteiger partial charge in [0.05, 0.1) is 13.2 Å². The number of nitrogens with two attached hydrogens (primary N) is 1. The third-order valence-electron chi connectivity index (χ3n) is 3.85. The molecule has 0 radical (unpaired) electrons. The maximum Gasteiger partial charge on any atom is 0.246 e. The molecule has 0 bridgehead atoms. The molecule has 0 saturated carbocycles. The van der Waals surface area contributed by atoms with E-state index in [4.69, 9.17) is 10.5 Å². The van der Waals surface area contributed by atoms with Gasteiger partial charge in [-0.3, -0.25) is 14.5 Å². The molecule has 0 fully saturated rings. The summed E-state index contributed by atoms with van der Waals surface area (Å²) in [6.07, 6.45) is 3.31. The lowest BCUT2D eigenvalue weighted by Gasteiger charge is -2.24. The number of hydrogen-bond acceptors (Lipinski definition) is 4. The van der Waals surface area contributed by atoms with Crippen LogP contribution in [0.25, 0.3) is 0 Å². The normalized spacial score (nSPS) is 11.8. The standard InChI is InChI=1S/C18H28N2O3/c1-4-6-10-15(19)18(22)20(17(21)5-2)13-12-14-9-7-8-11-16(14)23-3/h7-9,11,15H,4-6,10,12-13,19H2,1-3H3. The van der Waals surface area contributed by atoms with Crippen molar-refractivity contribution in [3.05, 3.63) is 29.8 Å². The number of imide groups is 1. The quantitative estimate of drug-likeness (QED) is 0.759. The Labute approximate surface area is 138 Å². The third kappa shape index (κ3) is 5.67. The summed E-state index contributed by atoms with van der Waals surface area (Å²) in [7, 11) is 1.61. The molecule has 5 nitrogen and oxygen atoms in total. The number of methoxy groups -OCH3 is 1. The van der Waals surface area contributed by atoms with Crippen LogP contribution in [-0.4, -0.2) is 36.4 Å². The van der Waals surface area contributed by atoms with Crippen molar-refractivity contribution in [2.75, 3.05) is 13.7 Å². The number of hydrogen-bond donors (Lipinski definition) is 1. The van der Waals surface area contributed by atoms with E-state index in [1.54, 1.807) is 14.0 Å². The Bertz CT molecular complexity index is 517. The van der Waals surface area contributed by atoms with Gasteiger partial charge in [-0.05, 0) is 24.5 Å². The van der Waals surface area contributed by atoms with Crippen molar-refractivity contribution in [1.29, 1.82) is 0 Å². The Morgan fingerprint density at radius 1 is 1.26 bits per heavy atom. The fraction of sp³-hybridized carbons (Fsp3) is 0.556. The van der Waals surface area contributed by atoms with Gasteiger partial charge in [0.15, 0.2) is 0 Å². The molecular formula is C18H28N2O3. The van der Waals surface area contributed by atoms with Crippen molar-refractivity contribution in [3.8, 4) is 5.75 Å². The average Bonchev–Trinajstić information content (AvgIpc) is 2.59. The van der Waals surface area contributed by atoms with Crippen molar-refractivity contribution >= 4 is 11.8 Å². The van der Waals surface area contributed by atoms with Crippen LogP contribution >= 0.6 is 0 Å². The molecule has 0 aliphatic heterocycles. The van der Waals surface area contributed by atoms with Gasteiger partial charge in [-0.25, -0.2) is 0 Å². The minimum atomic E-state index is -0.608. The molecule has 0 aliphatic carbocycles. The van der Waals surface area contributed by atoms with Crippen molar-refractivity contribution in [1.82, 2.24) is 4.90 Å². The molecule has 1 aromatic carbocycles. The molecule has 2 N–H and O–H groups in total. The van der Waals surface area contributed by atoms with Crippen LogP contribution < -0.4 is 10.5 Å². The molecule has 2 amide bonds. The monoisotopic (exact) mass is 320 g/mol. The second kappa shape index (κ2) is 10.0. The van der Waals surface area contributed by atoms with Crippen LogP contribution in [0.4, 0.5) is 0 Å². The largest absolute Gasteiger partial charge is 0.496 e. The van der Waals surface area contributed by atoms with Gasteiger partial charge in [0.2, 0.25) is 11.8 Å². The first-order valence-electron chi connectivity index (χ1n) is 8.26. The summed E-state index contributed by atoms with van der Waals surface area (Å²) in [4.78, 5) is 25.9. The summed E-state index contributed by atoms with van der Waals surface area (Å²) in [6.45, 7) is 4.13. The van der Waals surface area contributed by atoms with E-state index in [1.807, 2.05) is 31.2 Å². The number of carbonyl (C=O) groups is 2. The second-order valence-electron chi connectivity index (χ2n) is 5.55. The van der Waals surface area contributed by atoms with E-state index in [1.165, 1.54) is 4.90 Å². The summed E-state index contributed by atoms with van der Waals surface area (Å²) in [6, 6.07) is 7.01. The Kier molecular flexibility index (Phi) is 8.33. The molecule has 0 aliphatic rings. The zero-order valence-electron chi connectivity index (χ0n) is 14.4. The predicted octanol–water partition coefficient (Wildman–Crippen LogP) is 2.52. The lowest BCUT2D eigenvalue weighted by molar-refractivity contribution is -0.145. The van der Waals surface area contributed by atoms with Crippen molar-refractivity contribution in [3.63, 3.8) is 0 Å². The van der Waals surface area contributed by atoms with Crippen molar-refractivity contribution in [2.45, 2.75) is 52.0 Å². The van der Waals surface area contributed by atoms with E-state index in [-0.39, 0.29) is 18.2 Å². The zero-order chi connectivity index (χ0) is 17.2. The fourth-order valence-corrected chi connectivity index (χ4v) is 2.44. The van der Waals surface area contributed by atoms with Crippen LogP contribution in [0.2, 0.25) is 0 Å². The number of para-hydroxylation sites is 1. The summed E-state index contributed by atoms with van der Waals surface area (Å²) < 4.78 is 5.31. The lowest BCUT2D eigenvalue weighted by Crippen LogP contribution is -2.47. The lowest BCUT2D eigenvalue weighted by atomic mass is 10.1. The van der Waals surface area contributed by atoms with Gasteiger partial charge in [-0.1, -0.05) is 44.9 Å². The van der Waals surface area contributed by atoms with Crippen LogP contribution in [0.1, 0.15) is 45.1 Å². The van der Waals surface area contributed by atoms with E-state index in [9.17, 15) is 9.59 Å². The molecule has 1 aromatic rings. The summed E-state index contributed by atoms with van der Waals surface area (Å²) in [5.74, 6) is 0.302. The second-order valence-corrected chi connectivity index (χ2v) is 5.55. The first kappa shape index (κ1) is 19.2. The summed E-state index contributed by atoms with van der Waals surface area (Å²) in [5, 5.41) is 0. The SMILES string of the molecule is CCCCC(N)C(=O)N(CCc1ccccc1OC)C(=O)CC. The topological polar surface area (TPSA) is 72.6 Å². The number of nitrogens with zero attached hydrogens (tertiary/aromatic N) is 1. The first-order valence-corrected chi connectivity index (χ1v) is 8.26. The van der Waals surface area contributed by atoms with Gasteiger partial charge in [0.25, 0.3) is 0 Å². The summed E-state index contributed by atoms with van der Waals surface area (Å²) >= 11 is 0. The Morgan fingerprint density at radius 3 is 2.57 bits per heavy atom. The van der Waals surface area contributed by atoms with E-state index in [2.05, 4.69) is 0 Å². The molecule has 1 atom stereocenters. The number of ether oxygens (including phenoxy) is 1. The van der Waals surface area contributed by atoms with Crippen molar-refractivity contribution in [2.24, 2.45) is 5.73 Å². The highest BCUT2D eigenvalue weighted by Gasteiger charge is 2.25. The van der Waals surface area contributed by atoms with Gasteiger partial charge in [-0.15, -0.1) is 0 Å². The fourth-order valence-electron chi connectivity index (χ4n) is 2.44. The smallest absolute Gasteiger partial charge is 0.246 e. The maximum atomic E-state index is 12.5. The van der Waals surface area contributed by atoms with E-state index in [0.29, 0.717) is 19.4 Å². The van der Waals surface area contributed by atoms with Crippen LogP contribution in [0, 0.1) is 0 Å².